The number of ether oxygens (including phenoxy) is 5. The molecular formula is C25H25NO8S. The van der Waals surface area contributed by atoms with Gasteiger partial charge in [-0.15, -0.1) is 11.3 Å². The average Bonchev–Trinajstić information content (AvgIpc) is 3.30. The fourth-order valence-corrected chi connectivity index (χ4v) is 4.22. The van der Waals surface area contributed by atoms with Crippen LogP contribution in [0.5, 0.6) is 17.2 Å². The van der Waals surface area contributed by atoms with E-state index in [-0.39, 0.29) is 23.5 Å². The SMILES string of the molecule is CCOC(=O)c1c(-c2ccccc2)csc1NC(=O)COC(=O)c1cc(OC)c(OC)cc1OC. The number of benzene rings is 2. The molecule has 10 heteroatoms. The van der Waals surface area contributed by atoms with Crippen molar-refractivity contribution in [2.45, 2.75) is 6.92 Å². The summed E-state index contributed by atoms with van der Waals surface area (Å²) in [6.45, 7) is 1.30. The summed E-state index contributed by atoms with van der Waals surface area (Å²) in [6, 6.07) is 12.2. The van der Waals surface area contributed by atoms with Gasteiger partial charge in [0.15, 0.2) is 18.1 Å². The molecule has 0 spiro atoms. The minimum Gasteiger partial charge on any atom is -0.496 e. The normalized spacial score (nSPS) is 10.3. The molecule has 0 bridgehead atoms. The molecule has 3 rings (SSSR count). The summed E-state index contributed by atoms with van der Waals surface area (Å²) < 4.78 is 26.0. The van der Waals surface area contributed by atoms with E-state index < -0.39 is 24.5 Å². The van der Waals surface area contributed by atoms with E-state index in [0.717, 1.165) is 5.56 Å². The van der Waals surface area contributed by atoms with Crippen LogP contribution in [0.4, 0.5) is 5.00 Å². The fourth-order valence-electron chi connectivity index (χ4n) is 3.25. The molecule has 0 aliphatic carbocycles. The quantitative estimate of drug-likeness (QED) is 0.409. The molecular weight excluding hydrogens is 474 g/mol. The third-order valence-electron chi connectivity index (χ3n) is 4.87. The number of rotatable bonds is 10. The van der Waals surface area contributed by atoms with Gasteiger partial charge in [0.25, 0.3) is 5.91 Å². The number of carbonyl (C=O) groups is 3. The smallest absolute Gasteiger partial charge is 0.342 e. The molecule has 2 aromatic carbocycles. The molecule has 0 unspecified atom stereocenters. The number of amides is 1. The zero-order valence-electron chi connectivity index (χ0n) is 19.7. The standard InChI is InChI=1S/C25H25NO8S/c1-5-33-25(29)22-17(15-9-7-6-8-10-15)14-35-23(22)26-21(27)13-34-24(28)16-11-19(31-3)20(32-4)12-18(16)30-2/h6-12,14H,5,13H2,1-4H3,(H,26,27). The van der Waals surface area contributed by atoms with Crippen LogP contribution in [0.15, 0.2) is 47.8 Å². The Hall–Kier alpha value is -4.05. The number of methoxy groups -OCH3 is 3. The maximum atomic E-state index is 12.6. The van der Waals surface area contributed by atoms with E-state index in [4.69, 9.17) is 23.7 Å². The van der Waals surface area contributed by atoms with Crippen LogP contribution < -0.4 is 19.5 Å². The number of carbonyl (C=O) groups excluding carboxylic acids is 3. The first kappa shape index (κ1) is 25.6. The van der Waals surface area contributed by atoms with Crippen LogP contribution in [0.2, 0.25) is 0 Å². The Morgan fingerprint density at radius 2 is 1.51 bits per heavy atom. The number of esters is 2. The van der Waals surface area contributed by atoms with E-state index in [1.54, 1.807) is 12.3 Å². The second-order valence-corrected chi connectivity index (χ2v) is 7.85. The van der Waals surface area contributed by atoms with E-state index in [2.05, 4.69) is 5.32 Å². The summed E-state index contributed by atoms with van der Waals surface area (Å²) >= 11 is 1.18. The number of hydrogen-bond donors (Lipinski definition) is 1. The molecule has 0 aliphatic heterocycles. The lowest BCUT2D eigenvalue weighted by atomic mass is 10.0. The summed E-state index contributed by atoms with van der Waals surface area (Å²) in [5, 5.41) is 4.70. The van der Waals surface area contributed by atoms with Crippen LogP contribution >= 0.6 is 11.3 Å². The van der Waals surface area contributed by atoms with E-state index in [9.17, 15) is 14.4 Å². The minimum absolute atomic E-state index is 0.0626. The second-order valence-electron chi connectivity index (χ2n) is 6.97. The topological polar surface area (TPSA) is 109 Å². The molecule has 0 saturated carbocycles. The van der Waals surface area contributed by atoms with Gasteiger partial charge in [0.05, 0.1) is 27.9 Å². The van der Waals surface area contributed by atoms with Crippen molar-refractivity contribution < 1.29 is 38.1 Å². The molecule has 0 fully saturated rings. The third-order valence-corrected chi connectivity index (χ3v) is 5.76. The molecule has 1 N–H and O–H groups in total. The number of hydrogen-bond acceptors (Lipinski definition) is 9. The number of thiophene rings is 1. The molecule has 0 aliphatic rings. The van der Waals surface area contributed by atoms with E-state index in [1.165, 1.54) is 44.8 Å². The van der Waals surface area contributed by atoms with Crippen molar-refractivity contribution >= 4 is 34.2 Å². The molecule has 1 heterocycles. The van der Waals surface area contributed by atoms with Crippen molar-refractivity contribution in [3.05, 3.63) is 59.0 Å². The van der Waals surface area contributed by atoms with Crippen molar-refractivity contribution in [1.82, 2.24) is 0 Å². The van der Waals surface area contributed by atoms with Crippen LogP contribution in [0, 0.1) is 0 Å². The molecule has 1 amide bonds. The van der Waals surface area contributed by atoms with Gasteiger partial charge in [-0.2, -0.15) is 0 Å². The molecule has 1 aromatic heterocycles. The molecule has 0 atom stereocenters. The van der Waals surface area contributed by atoms with Crippen molar-refractivity contribution in [2.75, 3.05) is 39.9 Å². The van der Waals surface area contributed by atoms with E-state index >= 15 is 0 Å². The highest BCUT2D eigenvalue weighted by atomic mass is 32.1. The zero-order chi connectivity index (χ0) is 25.4. The maximum Gasteiger partial charge on any atom is 0.342 e. The fraction of sp³-hybridized carbons (Fsp3) is 0.240. The lowest BCUT2D eigenvalue weighted by Gasteiger charge is -2.13. The first-order valence-electron chi connectivity index (χ1n) is 10.5. The van der Waals surface area contributed by atoms with E-state index in [0.29, 0.717) is 22.1 Å². The number of nitrogens with one attached hydrogen (secondary N) is 1. The van der Waals surface area contributed by atoms with Gasteiger partial charge >= 0.3 is 11.9 Å². The Morgan fingerprint density at radius 3 is 2.14 bits per heavy atom. The van der Waals surface area contributed by atoms with Crippen LogP contribution in [-0.2, 0) is 14.3 Å². The maximum absolute atomic E-state index is 12.6. The average molecular weight is 500 g/mol. The van der Waals surface area contributed by atoms with E-state index in [1.807, 2.05) is 30.3 Å². The Bertz CT molecular complexity index is 1210. The monoisotopic (exact) mass is 499 g/mol. The van der Waals surface area contributed by atoms with Crippen molar-refractivity contribution in [3.8, 4) is 28.4 Å². The predicted molar refractivity (Wildman–Crippen MR) is 131 cm³/mol. The van der Waals surface area contributed by atoms with Crippen LogP contribution in [0.3, 0.4) is 0 Å². The van der Waals surface area contributed by atoms with Gasteiger partial charge in [-0.25, -0.2) is 9.59 Å². The molecule has 184 valence electrons. The minimum atomic E-state index is -0.792. The van der Waals surface area contributed by atoms with Gasteiger partial charge in [-0.3, -0.25) is 4.79 Å². The molecule has 3 aromatic rings. The van der Waals surface area contributed by atoms with Gasteiger partial charge in [-0.1, -0.05) is 30.3 Å². The molecule has 0 saturated heterocycles. The zero-order valence-corrected chi connectivity index (χ0v) is 20.5. The number of anilines is 1. The highest BCUT2D eigenvalue weighted by Gasteiger charge is 2.24. The summed E-state index contributed by atoms with van der Waals surface area (Å²) in [5.74, 6) is -1.10. The molecule has 9 nitrogen and oxygen atoms in total. The largest absolute Gasteiger partial charge is 0.496 e. The Labute approximate surface area is 206 Å². The molecule has 35 heavy (non-hydrogen) atoms. The molecule has 0 radical (unpaired) electrons. The first-order valence-corrected chi connectivity index (χ1v) is 11.4. The van der Waals surface area contributed by atoms with Gasteiger partial charge in [0.2, 0.25) is 0 Å². The Morgan fingerprint density at radius 1 is 0.857 bits per heavy atom. The van der Waals surface area contributed by atoms with Crippen molar-refractivity contribution in [3.63, 3.8) is 0 Å². The van der Waals surface area contributed by atoms with Crippen LogP contribution in [0.25, 0.3) is 11.1 Å². The Kier molecular flexibility index (Phi) is 8.69. The van der Waals surface area contributed by atoms with Gasteiger partial charge in [0.1, 0.15) is 21.9 Å². The summed E-state index contributed by atoms with van der Waals surface area (Å²) in [4.78, 5) is 37.9. The van der Waals surface area contributed by atoms with Gasteiger partial charge < -0.3 is 29.0 Å². The second kappa shape index (κ2) is 11.9. The Balaban J connectivity index is 1.76. The van der Waals surface area contributed by atoms with Crippen LogP contribution in [0.1, 0.15) is 27.6 Å². The van der Waals surface area contributed by atoms with Gasteiger partial charge in [-0.05, 0) is 12.5 Å². The lowest BCUT2D eigenvalue weighted by Crippen LogP contribution is -2.22. The summed E-state index contributed by atoms with van der Waals surface area (Å²) in [5.41, 5.74) is 1.74. The first-order chi connectivity index (χ1) is 16.9. The highest BCUT2D eigenvalue weighted by Crippen LogP contribution is 2.37. The van der Waals surface area contributed by atoms with Crippen molar-refractivity contribution in [2.24, 2.45) is 0 Å². The lowest BCUT2D eigenvalue weighted by molar-refractivity contribution is -0.119. The summed E-state index contributed by atoms with van der Waals surface area (Å²) in [6.07, 6.45) is 0. The third kappa shape index (κ3) is 5.90. The predicted octanol–water partition coefficient (Wildman–Crippen LogP) is 4.41. The van der Waals surface area contributed by atoms with Gasteiger partial charge in [0, 0.05) is 23.1 Å². The van der Waals surface area contributed by atoms with Crippen molar-refractivity contribution in [1.29, 1.82) is 0 Å². The van der Waals surface area contributed by atoms with Crippen LogP contribution in [-0.4, -0.2) is 52.4 Å². The summed E-state index contributed by atoms with van der Waals surface area (Å²) in [7, 11) is 4.28. The highest BCUT2D eigenvalue weighted by molar-refractivity contribution is 7.15.